The molecule has 0 amide bonds. The number of carbonyl (C=O) groups excluding carboxylic acids is 1. The predicted molar refractivity (Wildman–Crippen MR) is 64.4 cm³/mol. The Balaban J connectivity index is 1.90. The largest absolute Gasteiger partial charge is 0.480 e. The molecule has 2 N–H and O–H groups in total. The first-order valence-electron chi connectivity index (χ1n) is 6.91. The van der Waals surface area contributed by atoms with Crippen LogP contribution in [0.25, 0.3) is 0 Å². The molecule has 0 aromatic carbocycles. The Labute approximate surface area is 111 Å². The molecule has 4 bridgehead atoms. The van der Waals surface area contributed by atoms with Crippen LogP contribution in [0.15, 0.2) is 0 Å². The minimum atomic E-state index is -1.88. The molecular formula is C14H18O5. The molecule has 5 nitrogen and oxygen atoms in total. The van der Waals surface area contributed by atoms with Gasteiger partial charge in [-0.2, -0.15) is 0 Å². The van der Waals surface area contributed by atoms with Crippen molar-refractivity contribution < 1.29 is 24.6 Å². The molecule has 19 heavy (non-hydrogen) atoms. The summed E-state index contributed by atoms with van der Waals surface area (Å²) in [4.78, 5) is 34.7. The van der Waals surface area contributed by atoms with Crippen molar-refractivity contribution in [3.63, 3.8) is 0 Å². The lowest BCUT2D eigenvalue weighted by Crippen LogP contribution is -2.53. The smallest absolute Gasteiger partial charge is 0.325 e. The summed E-state index contributed by atoms with van der Waals surface area (Å²) in [5, 5.41) is 18.0. The van der Waals surface area contributed by atoms with Gasteiger partial charge in [0, 0.05) is 5.41 Å². The van der Waals surface area contributed by atoms with Crippen LogP contribution in [0.1, 0.15) is 38.5 Å². The number of hydrogen-bond donors (Lipinski definition) is 2. The van der Waals surface area contributed by atoms with Gasteiger partial charge in [0.15, 0.2) is 5.78 Å². The first-order chi connectivity index (χ1) is 8.91. The van der Waals surface area contributed by atoms with Crippen LogP contribution >= 0.6 is 0 Å². The molecule has 0 aliphatic heterocycles. The van der Waals surface area contributed by atoms with Crippen LogP contribution in [0.4, 0.5) is 0 Å². The molecule has 4 aliphatic rings. The number of rotatable bonds is 4. The molecule has 5 heteroatoms. The maximum atomic E-state index is 12.5. The fraction of sp³-hybridized carbons (Fsp3) is 0.786. The van der Waals surface area contributed by atoms with Gasteiger partial charge in [0.05, 0.1) is 0 Å². The highest BCUT2D eigenvalue weighted by atomic mass is 16.4. The highest BCUT2D eigenvalue weighted by Crippen LogP contribution is 2.60. The number of Topliss-reactive ketones (excluding diaryl/α,β-unsaturated/α-hetero) is 1. The minimum Gasteiger partial charge on any atom is -0.480 e. The van der Waals surface area contributed by atoms with E-state index >= 15 is 0 Å². The summed E-state index contributed by atoms with van der Waals surface area (Å²) in [7, 11) is 0. The van der Waals surface area contributed by atoms with Gasteiger partial charge in [0.1, 0.15) is 0 Å². The van der Waals surface area contributed by atoms with Crippen LogP contribution < -0.4 is 0 Å². The van der Waals surface area contributed by atoms with Gasteiger partial charge in [-0.1, -0.05) is 0 Å². The minimum absolute atomic E-state index is 0.499. The Hall–Kier alpha value is -1.39. The van der Waals surface area contributed by atoms with Crippen molar-refractivity contribution in [1.82, 2.24) is 0 Å². The van der Waals surface area contributed by atoms with Crippen molar-refractivity contribution in [3.8, 4) is 0 Å². The van der Waals surface area contributed by atoms with Gasteiger partial charge in [-0.05, 0) is 56.3 Å². The predicted octanol–water partition coefficient (Wildman–Crippen LogP) is 1.56. The number of carboxylic acid groups (broad SMARTS) is 2. The Morgan fingerprint density at radius 1 is 0.842 bits per heavy atom. The monoisotopic (exact) mass is 266 g/mol. The molecule has 4 aliphatic carbocycles. The third kappa shape index (κ3) is 1.86. The van der Waals surface area contributed by atoms with E-state index in [1.165, 1.54) is 0 Å². The summed E-state index contributed by atoms with van der Waals surface area (Å²) in [6, 6.07) is 0. The Morgan fingerprint density at radius 3 is 1.53 bits per heavy atom. The zero-order valence-corrected chi connectivity index (χ0v) is 10.7. The molecule has 0 unspecified atom stereocenters. The third-order valence-electron chi connectivity index (χ3n) is 5.32. The molecule has 0 aromatic heterocycles. The molecular weight excluding hydrogens is 248 g/mol. The van der Waals surface area contributed by atoms with E-state index in [-0.39, 0.29) is 0 Å². The summed E-state index contributed by atoms with van der Waals surface area (Å²) in [6.45, 7) is 0. The maximum absolute atomic E-state index is 12.5. The van der Waals surface area contributed by atoms with E-state index in [2.05, 4.69) is 0 Å². The molecule has 0 heterocycles. The summed E-state index contributed by atoms with van der Waals surface area (Å²) in [5.41, 5.74) is -0.657. The lowest BCUT2D eigenvalue weighted by atomic mass is 9.47. The lowest BCUT2D eigenvalue weighted by molar-refractivity contribution is -0.166. The van der Waals surface area contributed by atoms with Crippen LogP contribution in [-0.2, 0) is 14.4 Å². The second kappa shape index (κ2) is 4.05. The van der Waals surface area contributed by atoms with Crippen molar-refractivity contribution in [3.05, 3.63) is 0 Å². The number of carbonyl (C=O) groups is 3. The number of hydrogen-bond acceptors (Lipinski definition) is 3. The summed E-state index contributed by atoms with van der Waals surface area (Å²) < 4.78 is 0. The summed E-state index contributed by atoms with van der Waals surface area (Å²) in [6.07, 6.45) is 5.52. The Bertz CT molecular complexity index is 403. The van der Waals surface area contributed by atoms with Crippen molar-refractivity contribution >= 4 is 17.7 Å². The molecule has 0 radical (unpaired) electrons. The summed E-state index contributed by atoms with van der Waals surface area (Å²) >= 11 is 0. The first kappa shape index (κ1) is 12.6. The quantitative estimate of drug-likeness (QED) is 0.753. The van der Waals surface area contributed by atoms with E-state index in [1.807, 2.05) is 0 Å². The van der Waals surface area contributed by atoms with Gasteiger partial charge in [-0.15, -0.1) is 0 Å². The molecule has 0 spiro atoms. The second-order valence-corrected chi connectivity index (χ2v) is 6.67. The third-order valence-corrected chi connectivity index (χ3v) is 5.32. The molecule has 4 rings (SSSR count). The summed E-state index contributed by atoms with van der Waals surface area (Å²) in [5.74, 6) is -3.97. The maximum Gasteiger partial charge on any atom is 0.325 e. The van der Waals surface area contributed by atoms with E-state index in [0.717, 1.165) is 19.3 Å². The fourth-order valence-electron chi connectivity index (χ4n) is 5.05. The molecule has 4 saturated carbocycles. The Morgan fingerprint density at radius 2 is 1.21 bits per heavy atom. The van der Waals surface area contributed by atoms with Crippen LogP contribution in [-0.4, -0.2) is 27.9 Å². The van der Waals surface area contributed by atoms with Crippen LogP contribution in [0, 0.1) is 29.1 Å². The van der Waals surface area contributed by atoms with Gasteiger partial charge in [-0.25, -0.2) is 0 Å². The normalized spacial score (nSPS) is 39.5. The molecule has 4 fully saturated rings. The van der Waals surface area contributed by atoms with Gasteiger partial charge in [0.2, 0.25) is 5.92 Å². The molecule has 0 atom stereocenters. The van der Waals surface area contributed by atoms with Crippen LogP contribution in [0.5, 0.6) is 0 Å². The topological polar surface area (TPSA) is 91.7 Å². The zero-order chi connectivity index (χ0) is 13.8. The molecule has 104 valence electrons. The highest BCUT2D eigenvalue weighted by molar-refractivity contribution is 6.15. The van der Waals surface area contributed by atoms with Crippen molar-refractivity contribution in [2.24, 2.45) is 29.1 Å². The second-order valence-electron chi connectivity index (χ2n) is 6.67. The standard InChI is InChI=1S/C14H18O5/c15-11(10(12(16)17)13(18)19)14-4-7-1-8(5-14)3-9(2-7)6-14/h7-10H,1-6H2,(H,16,17)(H,18,19). The zero-order valence-electron chi connectivity index (χ0n) is 10.7. The molecule has 0 aromatic rings. The van der Waals surface area contributed by atoms with Crippen molar-refractivity contribution in [1.29, 1.82) is 0 Å². The van der Waals surface area contributed by atoms with E-state index in [0.29, 0.717) is 37.0 Å². The highest BCUT2D eigenvalue weighted by Gasteiger charge is 2.57. The Kier molecular flexibility index (Phi) is 2.69. The van der Waals surface area contributed by atoms with Crippen molar-refractivity contribution in [2.45, 2.75) is 38.5 Å². The number of aliphatic carboxylic acids is 2. The average Bonchev–Trinajstić information content (AvgIpc) is 2.25. The SMILES string of the molecule is O=C(O)C(C(=O)O)C(=O)C12CC3CC(CC(C3)C1)C2. The first-order valence-corrected chi connectivity index (χ1v) is 6.91. The molecule has 0 saturated heterocycles. The van der Waals surface area contributed by atoms with Gasteiger partial charge in [-0.3, -0.25) is 14.4 Å². The van der Waals surface area contributed by atoms with E-state index in [4.69, 9.17) is 10.2 Å². The van der Waals surface area contributed by atoms with Gasteiger partial charge >= 0.3 is 11.9 Å². The van der Waals surface area contributed by atoms with Crippen LogP contribution in [0.2, 0.25) is 0 Å². The van der Waals surface area contributed by atoms with Gasteiger partial charge in [0.25, 0.3) is 0 Å². The number of ketones is 1. The van der Waals surface area contributed by atoms with Gasteiger partial charge < -0.3 is 10.2 Å². The lowest BCUT2D eigenvalue weighted by Gasteiger charge is -2.56. The van der Waals surface area contributed by atoms with E-state index in [1.54, 1.807) is 0 Å². The fourth-order valence-corrected chi connectivity index (χ4v) is 5.05. The van der Waals surface area contributed by atoms with E-state index in [9.17, 15) is 14.4 Å². The number of carboxylic acids is 2. The van der Waals surface area contributed by atoms with Crippen LogP contribution in [0.3, 0.4) is 0 Å². The van der Waals surface area contributed by atoms with Crippen molar-refractivity contribution in [2.75, 3.05) is 0 Å². The average molecular weight is 266 g/mol. The van der Waals surface area contributed by atoms with E-state index < -0.39 is 29.1 Å².